The minimum absolute atomic E-state index is 0.104. The van der Waals surface area contributed by atoms with E-state index >= 15 is 0 Å². The number of halogens is 2. The van der Waals surface area contributed by atoms with E-state index in [1.54, 1.807) is 0 Å². The number of nitrogens with two attached hydrogens (primary N) is 1. The Kier molecular flexibility index (Phi) is 3.24. The number of nitrogens with one attached hydrogen (secondary N) is 1. The van der Waals surface area contributed by atoms with Gasteiger partial charge in [-0.1, -0.05) is 5.16 Å². The molecule has 0 aliphatic rings. The smallest absolute Gasteiger partial charge is 0.364 e. The third kappa shape index (κ3) is 2.83. The fourth-order valence-corrected chi connectivity index (χ4v) is 2.37. The van der Waals surface area contributed by atoms with Crippen LogP contribution in [0.3, 0.4) is 0 Å². The fraction of sp³-hybridized carbons (Fsp3) is 0.231. The van der Waals surface area contributed by atoms with Crippen LogP contribution in [0.1, 0.15) is 11.0 Å². The van der Waals surface area contributed by atoms with Gasteiger partial charge in [-0.3, -0.25) is 4.52 Å². The maximum Gasteiger partial charge on any atom is 0.446 e. The van der Waals surface area contributed by atoms with Gasteiger partial charge >= 0.3 is 5.76 Å². The van der Waals surface area contributed by atoms with Crippen molar-refractivity contribution in [1.82, 2.24) is 20.0 Å². The van der Waals surface area contributed by atoms with Crippen molar-refractivity contribution in [3.05, 3.63) is 38.5 Å². The molecular formula is C13H12BrFN6O3. The predicted octanol–water partition coefficient (Wildman–Crippen LogP) is 1.46. The summed E-state index contributed by atoms with van der Waals surface area (Å²) in [5.74, 6) is -2.25. The number of nitrogens with zero attached hydrogens (tertiary/aromatic N) is 4. The molecule has 0 saturated carbocycles. The number of anilines is 1. The maximum atomic E-state index is 14.1. The highest BCUT2D eigenvalue weighted by Gasteiger charge is 2.23. The van der Waals surface area contributed by atoms with E-state index in [0.29, 0.717) is 0 Å². The van der Waals surface area contributed by atoms with Gasteiger partial charge in [0.2, 0.25) is 11.6 Å². The minimum Gasteiger partial charge on any atom is -0.364 e. The van der Waals surface area contributed by atoms with Crippen LogP contribution in [-0.4, -0.2) is 33.1 Å². The molecule has 0 fully saturated rings. The molecule has 0 atom stereocenters. The molecule has 0 saturated heterocycles. The van der Waals surface area contributed by atoms with Crippen molar-refractivity contribution in [2.75, 3.05) is 18.4 Å². The van der Waals surface area contributed by atoms with Gasteiger partial charge in [-0.2, -0.15) is 0 Å². The molecule has 0 aliphatic heterocycles. The lowest BCUT2D eigenvalue weighted by Gasteiger charge is -2.07. The summed E-state index contributed by atoms with van der Waals surface area (Å²) < 4.78 is 54.8. The van der Waals surface area contributed by atoms with Gasteiger partial charge in [-0.25, -0.2) is 18.4 Å². The van der Waals surface area contributed by atoms with Crippen molar-refractivity contribution >= 4 is 21.7 Å². The number of hydrogen-bond acceptors (Lipinski definition) is 8. The van der Waals surface area contributed by atoms with E-state index in [4.69, 9.17) is 11.2 Å². The van der Waals surface area contributed by atoms with E-state index < -0.39 is 30.2 Å². The van der Waals surface area contributed by atoms with Gasteiger partial charge in [-0.15, -0.1) is 0 Å². The largest absolute Gasteiger partial charge is 0.446 e. The normalized spacial score (nSPS) is 14.0. The zero-order valence-corrected chi connectivity index (χ0v) is 13.6. The molecule has 1 aromatic carbocycles. The summed E-state index contributed by atoms with van der Waals surface area (Å²) in [5, 5.41) is 13.3. The van der Waals surface area contributed by atoms with Crippen LogP contribution in [0.2, 0.25) is 0 Å². The van der Waals surface area contributed by atoms with Crippen LogP contribution in [0.25, 0.3) is 17.2 Å². The summed E-state index contributed by atoms with van der Waals surface area (Å²) in [6.45, 7) is -1.14. The van der Waals surface area contributed by atoms with Crippen molar-refractivity contribution in [2.24, 2.45) is 5.73 Å². The first-order chi connectivity index (χ1) is 13.0. The zero-order valence-electron chi connectivity index (χ0n) is 16.1. The van der Waals surface area contributed by atoms with Crippen molar-refractivity contribution in [1.29, 1.82) is 0 Å². The van der Waals surface area contributed by atoms with Crippen LogP contribution in [0, 0.1) is 12.7 Å². The molecule has 0 aliphatic carbocycles. The number of rotatable bonds is 5. The molecule has 11 heteroatoms. The maximum absolute atomic E-state index is 14.1. The zero-order chi connectivity index (χ0) is 20.8. The monoisotopic (exact) mass is 402 g/mol. The summed E-state index contributed by atoms with van der Waals surface area (Å²) in [6, 6.07) is -0.912. The molecule has 0 radical (unpaired) electrons. The van der Waals surface area contributed by atoms with Crippen LogP contribution >= 0.6 is 15.9 Å². The van der Waals surface area contributed by atoms with Gasteiger partial charge in [0.15, 0.2) is 5.69 Å². The average molecular weight is 403 g/mol. The summed E-state index contributed by atoms with van der Waals surface area (Å²) in [4.78, 5) is 12.3. The van der Waals surface area contributed by atoms with Crippen molar-refractivity contribution in [3.63, 3.8) is 0 Å². The average Bonchev–Trinajstić information content (AvgIpc) is 3.23. The van der Waals surface area contributed by atoms with E-state index in [1.807, 2.05) is 0 Å². The Morgan fingerprint density at radius 2 is 2.29 bits per heavy atom. The van der Waals surface area contributed by atoms with Crippen molar-refractivity contribution in [2.45, 2.75) is 6.92 Å². The molecule has 3 rings (SSSR count). The Balaban J connectivity index is 2.20. The summed E-state index contributed by atoms with van der Waals surface area (Å²) in [5.41, 5.74) is 4.70. The highest BCUT2D eigenvalue weighted by atomic mass is 79.9. The molecule has 2 aromatic heterocycles. The Morgan fingerprint density at radius 3 is 3.04 bits per heavy atom. The first kappa shape index (κ1) is 11.9. The molecule has 3 aromatic rings. The molecule has 0 spiro atoms. The van der Waals surface area contributed by atoms with Gasteiger partial charge in [0, 0.05) is 15.8 Å². The second kappa shape index (κ2) is 6.53. The number of benzene rings is 1. The lowest BCUT2D eigenvalue weighted by molar-refractivity contribution is 0.309. The van der Waals surface area contributed by atoms with Crippen LogP contribution in [0.5, 0.6) is 0 Å². The molecule has 9 nitrogen and oxygen atoms in total. The standard InChI is InChI=1S/C13H12BrFN6O3/c1-6-4-7(5-8(14)9(6)15)21-12(20-23-13(21)22)10-11(17-3-2-16)19-24-18-10/h4-5H,2-3,16H2,1H3,(H,17,19)/i2D2,4D,5D. The Hall–Kier alpha value is -2.53. The molecule has 0 amide bonds. The van der Waals surface area contributed by atoms with Crippen LogP contribution in [-0.2, 0) is 0 Å². The quantitative estimate of drug-likeness (QED) is 0.656. The topological polar surface area (TPSA) is 125 Å². The van der Waals surface area contributed by atoms with Crippen molar-refractivity contribution < 1.29 is 19.0 Å². The van der Waals surface area contributed by atoms with Gasteiger partial charge in [0.05, 0.1) is 12.9 Å². The summed E-state index contributed by atoms with van der Waals surface area (Å²) in [6.07, 6.45) is 0. The molecule has 126 valence electrons. The van der Waals surface area contributed by atoms with E-state index in [9.17, 15) is 9.18 Å². The first-order valence-electron chi connectivity index (χ1n) is 8.42. The molecule has 0 bridgehead atoms. The fourth-order valence-electron chi connectivity index (χ4n) is 1.88. The van der Waals surface area contributed by atoms with Crippen LogP contribution in [0.4, 0.5) is 10.2 Å². The van der Waals surface area contributed by atoms with Crippen LogP contribution in [0.15, 0.2) is 30.5 Å². The van der Waals surface area contributed by atoms with Gasteiger partial charge in [-0.05, 0) is 50.8 Å². The lowest BCUT2D eigenvalue weighted by atomic mass is 10.2. The van der Waals surface area contributed by atoms with Gasteiger partial charge in [0.1, 0.15) is 5.82 Å². The Morgan fingerprint density at radius 1 is 1.50 bits per heavy atom. The van der Waals surface area contributed by atoms with E-state index in [1.165, 1.54) is 6.92 Å². The Labute approximate surface area is 148 Å². The predicted molar refractivity (Wildman–Crippen MR) is 85.3 cm³/mol. The van der Waals surface area contributed by atoms with E-state index in [-0.39, 0.29) is 39.6 Å². The second-order valence-electron chi connectivity index (χ2n) is 4.48. The molecule has 24 heavy (non-hydrogen) atoms. The third-order valence-electron chi connectivity index (χ3n) is 2.94. The minimum atomic E-state index is -2.08. The SMILES string of the molecule is [2H]c1c(C)c(F)c(Br)c([2H])c1-n1c(-c2nonc2NCC([2H])([2H])N)noc1=O. The molecular weight excluding hydrogens is 387 g/mol. The number of aromatic nitrogens is 4. The third-order valence-corrected chi connectivity index (χ3v) is 3.49. The summed E-state index contributed by atoms with van der Waals surface area (Å²) >= 11 is 2.93. The second-order valence-corrected chi connectivity index (χ2v) is 5.27. The first-order valence-corrected chi connectivity index (χ1v) is 7.21. The van der Waals surface area contributed by atoms with Gasteiger partial charge < -0.3 is 11.1 Å². The summed E-state index contributed by atoms with van der Waals surface area (Å²) in [7, 11) is 0. The van der Waals surface area contributed by atoms with E-state index in [2.05, 4.69) is 45.9 Å². The lowest BCUT2D eigenvalue weighted by Crippen LogP contribution is -2.16. The highest BCUT2D eigenvalue weighted by Crippen LogP contribution is 2.27. The molecule has 0 unspecified atom stereocenters. The molecule has 2 heterocycles. The Bertz CT molecular complexity index is 1080. The van der Waals surface area contributed by atoms with Gasteiger partial charge in [0.25, 0.3) is 0 Å². The van der Waals surface area contributed by atoms with Crippen molar-refractivity contribution in [3.8, 4) is 17.2 Å². The number of hydrogen-bond donors (Lipinski definition) is 2. The van der Waals surface area contributed by atoms with E-state index in [0.717, 1.165) is 4.57 Å². The van der Waals surface area contributed by atoms with Crippen LogP contribution < -0.4 is 16.8 Å². The molecule has 3 N–H and O–H groups in total. The highest BCUT2D eigenvalue weighted by molar-refractivity contribution is 9.10.